The molecule has 0 unspecified atom stereocenters. The van der Waals surface area contributed by atoms with Gasteiger partial charge in [-0.25, -0.2) is 13.8 Å². The second kappa shape index (κ2) is 8.14. The Morgan fingerprint density at radius 3 is 2.31 bits per heavy atom. The third-order valence-corrected chi connectivity index (χ3v) is 4.77. The van der Waals surface area contributed by atoms with Gasteiger partial charge in [0.15, 0.2) is 0 Å². The van der Waals surface area contributed by atoms with Crippen molar-refractivity contribution >= 4 is 27.8 Å². The normalized spacial score (nSPS) is 11.5. The number of nitrogens with zero attached hydrogens (tertiary/aromatic N) is 2. The zero-order valence-corrected chi connectivity index (χ0v) is 16.2. The predicted octanol–water partition coefficient (Wildman–Crippen LogP) is 2.53. The van der Waals surface area contributed by atoms with Gasteiger partial charge in [0.2, 0.25) is 10.0 Å². The summed E-state index contributed by atoms with van der Waals surface area (Å²) in [4.78, 5) is 12.2. The van der Waals surface area contributed by atoms with Crippen molar-refractivity contribution in [2.45, 2.75) is 20.8 Å². The molecule has 0 aliphatic carbocycles. The van der Waals surface area contributed by atoms with Gasteiger partial charge in [-0.2, -0.15) is 5.10 Å². The lowest BCUT2D eigenvalue weighted by Gasteiger charge is -2.22. The van der Waals surface area contributed by atoms with Gasteiger partial charge >= 0.3 is 0 Å². The second-order valence-corrected chi connectivity index (χ2v) is 8.23. The quantitative estimate of drug-likeness (QED) is 0.624. The fraction of sp³-hybridized carbons (Fsp3) is 0.263. The number of sulfonamides is 1. The highest BCUT2D eigenvalue weighted by Gasteiger charge is 2.21. The minimum absolute atomic E-state index is 0.340. The number of amides is 1. The number of hydrazone groups is 1. The molecule has 0 fully saturated rings. The molecule has 0 aromatic heterocycles. The number of hydrogen-bond donors (Lipinski definition) is 1. The molecule has 0 aliphatic heterocycles. The van der Waals surface area contributed by atoms with E-state index in [9.17, 15) is 13.2 Å². The Balaban J connectivity index is 2.12. The first-order valence-electron chi connectivity index (χ1n) is 8.10. The highest BCUT2D eigenvalue weighted by molar-refractivity contribution is 7.92. The monoisotopic (exact) mass is 373 g/mol. The van der Waals surface area contributed by atoms with E-state index in [4.69, 9.17) is 0 Å². The topological polar surface area (TPSA) is 78.8 Å². The molecular formula is C19H23N3O3S. The Labute approximate surface area is 154 Å². The van der Waals surface area contributed by atoms with E-state index in [2.05, 4.69) is 10.5 Å². The van der Waals surface area contributed by atoms with Crippen LogP contribution in [0.3, 0.4) is 0 Å². The zero-order valence-electron chi connectivity index (χ0n) is 15.4. The average Bonchev–Trinajstić information content (AvgIpc) is 2.50. The van der Waals surface area contributed by atoms with Crippen LogP contribution in [0.5, 0.6) is 0 Å². The summed E-state index contributed by atoms with van der Waals surface area (Å²) in [6.07, 6.45) is 2.60. The van der Waals surface area contributed by atoms with Crippen molar-refractivity contribution in [3.63, 3.8) is 0 Å². The van der Waals surface area contributed by atoms with Crippen LogP contribution in [0.15, 0.2) is 47.6 Å². The molecule has 0 bridgehead atoms. The van der Waals surface area contributed by atoms with Gasteiger partial charge in [-0.05, 0) is 49.6 Å². The van der Waals surface area contributed by atoms with Crippen LogP contribution >= 0.6 is 0 Å². The Bertz CT molecular complexity index is 917. The number of carbonyl (C=O) groups is 1. The highest BCUT2D eigenvalue weighted by atomic mass is 32.2. The summed E-state index contributed by atoms with van der Waals surface area (Å²) in [5, 5.41) is 3.90. The van der Waals surface area contributed by atoms with E-state index in [0.717, 1.165) is 32.8 Å². The van der Waals surface area contributed by atoms with Crippen LogP contribution in [-0.4, -0.2) is 33.3 Å². The fourth-order valence-corrected chi connectivity index (χ4v) is 3.43. The van der Waals surface area contributed by atoms with Gasteiger partial charge in [0.05, 0.1) is 18.2 Å². The highest BCUT2D eigenvalue weighted by Crippen LogP contribution is 2.21. The molecule has 2 aromatic rings. The number of aryl methyl sites for hydroxylation is 3. The van der Waals surface area contributed by atoms with Crippen molar-refractivity contribution in [1.29, 1.82) is 0 Å². The Morgan fingerprint density at radius 2 is 1.73 bits per heavy atom. The number of rotatable bonds is 6. The maximum Gasteiger partial charge on any atom is 0.260 e. The van der Waals surface area contributed by atoms with Crippen molar-refractivity contribution in [2.75, 3.05) is 17.1 Å². The molecule has 0 saturated heterocycles. The number of carbonyl (C=O) groups excluding carboxylic acids is 1. The minimum atomic E-state index is -3.61. The lowest BCUT2D eigenvalue weighted by molar-refractivity contribution is -0.119. The minimum Gasteiger partial charge on any atom is -0.271 e. The van der Waals surface area contributed by atoms with E-state index < -0.39 is 15.9 Å². The molecule has 6 nitrogen and oxygen atoms in total. The standard InChI is InChI=1S/C19H23N3O3S/c1-14-6-5-7-17(9-14)12-20-21-19(23)13-22(26(4,24)25)18-10-15(2)8-16(3)11-18/h5-12H,13H2,1-4H3,(H,21,23)/b20-12-. The van der Waals surface area contributed by atoms with Gasteiger partial charge in [-0.15, -0.1) is 0 Å². The summed E-state index contributed by atoms with van der Waals surface area (Å²) in [7, 11) is -3.61. The summed E-state index contributed by atoms with van der Waals surface area (Å²) in [5.41, 5.74) is 6.61. The zero-order chi connectivity index (χ0) is 19.3. The molecule has 0 saturated carbocycles. The second-order valence-electron chi connectivity index (χ2n) is 6.32. The molecule has 26 heavy (non-hydrogen) atoms. The SMILES string of the molecule is Cc1cccc(/C=N\NC(=O)CN(c2cc(C)cc(C)c2)S(C)(=O)=O)c1. The van der Waals surface area contributed by atoms with Crippen molar-refractivity contribution in [1.82, 2.24) is 5.43 Å². The first-order valence-corrected chi connectivity index (χ1v) is 9.94. The van der Waals surface area contributed by atoms with E-state index in [1.54, 1.807) is 12.1 Å². The van der Waals surface area contributed by atoms with E-state index in [0.29, 0.717) is 5.69 Å². The summed E-state index contributed by atoms with van der Waals surface area (Å²) in [6, 6.07) is 13.0. The third kappa shape index (κ3) is 5.70. The largest absolute Gasteiger partial charge is 0.271 e. The van der Waals surface area contributed by atoms with Crippen LogP contribution in [-0.2, 0) is 14.8 Å². The van der Waals surface area contributed by atoms with Gasteiger partial charge in [-0.1, -0.05) is 35.9 Å². The summed E-state index contributed by atoms with van der Waals surface area (Å²) >= 11 is 0. The molecule has 2 aromatic carbocycles. The van der Waals surface area contributed by atoms with Crippen LogP contribution in [0.25, 0.3) is 0 Å². The number of benzene rings is 2. The molecular weight excluding hydrogens is 350 g/mol. The maximum atomic E-state index is 12.2. The van der Waals surface area contributed by atoms with Crippen LogP contribution in [0.4, 0.5) is 5.69 Å². The molecule has 138 valence electrons. The first-order chi connectivity index (χ1) is 12.1. The van der Waals surface area contributed by atoms with Crippen molar-refractivity contribution in [3.05, 3.63) is 64.7 Å². The molecule has 0 radical (unpaired) electrons. The fourth-order valence-electron chi connectivity index (χ4n) is 2.59. The van der Waals surface area contributed by atoms with Crippen molar-refractivity contribution in [2.24, 2.45) is 5.10 Å². The number of anilines is 1. The van der Waals surface area contributed by atoms with Gasteiger partial charge < -0.3 is 0 Å². The smallest absolute Gasteiger partial charge is 0.260 e. The molecule has 1 N–H and O–H groups in total. The Hall–Kier alpha value is -2.67. The van der Waals surface area contributed by atoms with Crippen LogP contribution in [0.2, 0.25) is 0 Å². The third-order valence-electron chi connectivity index (χ3n) is 3.63. The number of nitrogens with one attached hydrogen (secondary N) is 1. The lowest BCUT2D eigenvalue weighted by Crippen LogP contribution is -2.39. The van der Waals surface area contributed by atoms with Gasteiger partial charge in [0.25, 0.3) is 5.91 Å². The van der Waals surface area contributed by atoms with Gasteiger partial charge in [0.1, 0.15) is 6.54 Å². The average molecular weight is 373 g/mol. The van der Waals surface area contributed by atoms with Crippen molar-refractivity contribution in [3.8, 4) is 0 Å². The van der Waals surface area contributed by atoms with E-state index in [1.807, 2.05) is 51.1 Å². The maximum absolute atomic E-state index is 12.2. The lowest BCUT2D eigenvalue weighted by atomic mass is 10.1. The molecule has 0 heterocycles. The van der Waals surface area contributed by atoms with Gasteiger partial charge in [-0.3, -0.25) is 9.10 Å². The predicted molar refractivity (Wildman–Crippen MR) is 105 cm³/mol. The first kappa shape index (κ1) is 19.7. The molecule has 7 heteroatoms. The Kier molecular flexibility index (Phi) is 6.15. The Morgan fingerprint density at radius 1 is 1.08 bits per heavy atom. The van der Waals surface area contributed by atoms with Gasteiger partial charge in [0, 0.05) is 0 Å². The van der Waals surface area contributed by atoms with E-state index in [1.165, 1.54) is 6.21 Å². The number of hydrogen-bond acceptors (Lipinski definition) is 4. The molecule has 0 aliphatic rings. The molecule has 0 spiro atoms. The van der Waals surface area contributed by atoms with Crippen LogP contribution < -0.4 is 9.73 Å². The summed E-state index contributed by atoms with van der Waals surface area (Å²) in [5.74, 6) is -0.515. The van der Waals surface area contributed by atoms with Crippen molar-refractivity contribution < 1.29 is 13.2 Å². The van der Waals surface area contributed by atoms with E-state index in [-0.39, 0.29) is 6.54 Å². The van der Waals surface area contributed by atoms with Crippen LogP contribution in [0, 0.1) is 20.8 Å². The molecule has 0 atom stereocenters. The summed E-state index contributed by atoms with van der Waals surface area (Å²) in [6.45, 7) is 5.38. The van der Waals surface area contributed by atoms with Crippen LogP contribution in [0.1, 0.15) is 22.3 Å². The molecule has 2 rings (SSSR count). The summed E-state index contributed by atoms with van der Waals surface area (Å²) < 4.78 is 25.3. The molecule has 1 amide bonds. The van der Waals surface area contributed by atoms with E-state index >= 15 is 0 Å².